The molecule has 0 radical (unpaired) electrons. The molecule has 4 rings (SSSR count). The summed E-state index contributed by atoms with van der Waals surface area (Å²) in [5.41, 5.74) is 3.26. The highest BCUT2D eigenvalue weighted by molar-refractivity contribution is 7.89. The molecule has 3 aromatic carbocycles. The average molecular weight is 421 g/mol. The predicted molar refractivity (Wildman–Crippen MR) is 116 cm³/mol. The van der Waals surface area contributed by atoms with E-state index in [4.69, 9.17) is 0 Å². The summed E-state index contributed by atoms with van der Waals surface area (Å²) in [5, 5.41) is 0. The molecular weight excluding hydrogens is 396 g/mol. The number of nitrogens with one attached hydrogen (secondary N) is 1. The van der Waals surface area contributed by atoms with Crippen molar-refractivity contribution in [1.82, 2.24) is 9.62 Å². The van der Waals surface area contributed by atoms with Crippen molar-refractivity contribution in [3.8, 4) is 0 Å². The van der Waals surface area contributed by atoms with E-state index in [1.807, 2.05) is 48.5 Å². The van der Waals surface area contributed by atoms with Gasteiger partial charge in [0.25, 0.3) is 0 Å². The number of benzene rings is 3. The second-order valence-corrected chi connectivity index (χ2v) is 9.17. The first-order chi connectivity index (χ1) is 14.5. The zero-order valence-corrected chi connectivity index (χ0v) is 17.4. The normalized spacial score (nSPS) is 14.7. The Hall–Kier alpha value is -2.96. The summed E-state index contributed by atoms with van der Waals surface area (Å²) in [6.45, 7) is 1.07. The van der Waals surface area contributed by atoms with Crippen molar-refractivity contribution < 1.29 is 13.2 Å². The Balaban J connectivity index is 1.59. The summed E-state index contributed by atoms with van der Waals surface area (Å²) in [6, 6.07) is 24.8. The molecule has 30 heavy (non-hydrogen) atoms. The number of nitrogens with zero attached hydrogens (tertiary/aromatic N) is 1. The van der Waals surface area contributed by atoms with Crippen LogP contribution in [-0.2, 0) is 34.2 Å². The minimum Gasteiger partial charge on any atom is -0.337 e. The van der Waals surface area contributed by atoms with Gasteiger partial charge in [-0.05, 0) is 41.7 Å². The molecule has 1 heterocycles. The van der Waals surface area contributed by atoms with E-state index >= 15 is 0 Å². The molecule has 5 nitrogen and oxygen atoms in total. The second kappa shape index (κ2) is 8.81. The van der Waals surface area contributed by atoms with E-state index in [-0.39, 0.29) is 10.8 Å². The highest BCUT2D eigenvalue weighted by Gasteiger charge is 2.31. The molecule has 6 heteroatoms. The van der Waals surface area contributed by atoms with Crippen LogP contribution in [0.1, 0.15) is 16.7 Å². The molecule has 0 aromatic heterocycles. The second-order valence-electron chi connectivity index (χ2n) is 7.46. The lowest BCUT2D eigenvalue weighted by Crippen LogP contribution is -2.50. The van der Waals surface area contributed by atoms with Crippen LogP contribution in [0.3, 0.4) is 0 Å². The molecule has 1 aliphatic rings. The van der Waals surface area contributed by atoms with Gasteiger partial charge >= 0.3 is 0 Å². The van der Waals surface area contributed by atoms with Crippen molar-refractivity contribution in [2.75, 3.05) is 6.54 Å². The summed E-state index contributed by atoms with van der Waals surface area (Å²) < 4.78 is 28.5. The maximum atomic E-state index is 13.4. The van der Waals surface area contributed by atoms with Crippen molar-refractivity contribution in [1.29, 1.82) is 0 Å². The topological polar surface area (TPSA) is 66.5 Å². The molecule has 0 aliphatic carbocycles. The Morgan fingerprint density at radius 3 is 2.17 bits per heavy atom. The first-order valence-corrected chi connectivity index (χ1v) is 11.5. The standard InChI is InChI=1S/C24H24N2O3S/c27-24(26-16-15-20-11-7-8-12-21(20)18-26)23(17-19-9-3-1-4-10-19)25-30(28,29)22-13-5-2-6-14-22/h1-14,23,25H,15-18H2/t23-/m1/s1. The molecule has 1 amide bonds. The monoisotopic (exact) mass is 420 g/mol. The molecule has 1 aliphatic heterocycles. The SMILES string of the molecule is O=C([C@@H](Cc1ccccc1)NS(=O)(=O)c1ccccc1)N1CCc2ccccc2C1. The van der Waals surface area contributed by atoms with E-state index in [0.717, 1.165) is 17.5 Å². The molecular formula is C24H24N2O3S. The van der Waals surface area contributed by atoms with Crippen LogP contribution in [0.5, 0.6) is 0 Å². The van der Waals surface area contributed by atoms with E-state index in [0.29, 0.717) is 19.5 Å². The number of hydrogen-bond donors (Lipinski definition) is 1. The third kappa shape index (κ3) is 4.61. The fourth-order valence-electron chi connectivity index (χ4n) is 3.79. The summed E-state index contributed by atoms with van der Waals surface area (Å²) in [4.78, 5) is 15.3. The van der Waals surface area contributed by atoms with Gasteiger partial charge in [0.2, 0.25) is 15.9 Å². The maximum absolute atomic E-state index is 13.4. The van der Waals surface area contributed by atoms with Crippen LogP contribution in [-0.4, -0.2) is 31.8 Å². The summed E-state index contributed by atoms with van der Waals surface area (Å²) in [6.07, 6.45) is 1.06. The molecule has 0 saturated heterocycles. The van der Waals surface area contributed by atoms with Gasteiger partial charge in [0, 0.05) is 13.1 Å². The van der Waals surface area contributed by atoms with Crippen LogP contribution >= 0.6 is 0 Å². The van der Waals surface area contributed by atoms with Crippen molar-refractivity contribution in [2.24, 2.45) is 0 Å². The van der Waals surface area contributed by atoms with Gasteiger partial charge in [-0.15, -0.1) is 0 Å². The van der Waals surface area contributed by atoms with Gasteiger partial charge in [0.1, 0.15) is 6.04 Å². The van der Waals surface area contributed by atoms with Crippen LogP contribution in [0.25, 0.3) is 0 Å². The van der Waals surface area contributed by atoms with Gasteiger partial charge in [-0.1, -0.05) is 72.8 Å². The molecule has 0 unspecified atom stereocenters. The van der Waals surface area contributed by atoms with Crippen LogP contribution in [0.15, 0.2) is 89.8 Å². The lowest BCUT2D eigenvalue weighted by molar-refractivity contribution is -0.133. The summed E-state index contributed by atoms with van der Waals surface area (Å²) in [5.74, 6) is -0.201. The molecule has 154 valence electrons. The van der Waals surface area contributed by atoms with Crippen molar-refractivity contribution in [2.45, 2.75) is 30.3 Å². The third-order valence-corrected chi connectivity index (χ3v) is 6.86. The van der Waals surface area contributed by atoms with Crippen LogP contribution in [0.2, 0.25) is 0 Å². The van der Waals surface area contributed by atoms with E-state index in [1.165, 1.54) is 17.7 Å². The van der Waals surface area contributed by atoms with Crippen LogP contribution in [0.4, 0.5) is 0 Å². The Morgan fingerprint density at radius 2 is 1.47 bits per heavy atom. The Morgan fingerprint density at radius 1 is 0.867 bits per heavy atom. The molecule has 0 bridgehead atoms. The highest BCUT2D eigenvalue weighted by Crippen LogP contribution is 2.20. The van der Waals surface area contributed by atoms with Crippen LogP contribution in [0, 0.1) is 0 Å². The zero-order chi connectivity index (χ0) is 21.0. The molecule has 0 fully saturated rings. The van der Waals surface area contributed by atoms with Gasteiger partial charge in [0.05, 0.1) is 4.90 Å². The van der Waals surface area contributed by atoms with E-state index in [2.05, 4.69) is 10.8 Å². The minimum absolute atomic E-state index is 0.153. The van der Waals surface area contributed by atoms with E-state index < -0.39 is 16.1 Å². The van der Waals surface area contributed by atoms with E-state index in [9.17, 15) is 13.2 Å². The number of sulfonamides is 1. The summed E-state index contributed by atoms with van der Waals surface area (Å²) >= 11 is 0. The number of fused-ring (bicyclic) bond motifs is 1. The number of amides is 1. The van der Waals surface area contributed by atoms with Gasteiger partial charge in [-0.25, -0.2) is 8.42 Å². The van der Waals surface area contributed by atoms with Gasteiger partial charge in [-0.2, -0.15) is 4.72 Å². The van der Waals surface area contributed by atoms with Gasteiger partial charge in [-0.3, -0.25) is 4.79 Å². The molecule has 0 saturated carbocycles. The Kier molecular flexibility index (Phi) is 5.97. The Bertz CT molecular complexity index is 1120. The van der Waals surface area contributed by atoms with Gasteiger partial charge < -0.3 is 4.90 Å². The first-order valence-electron chi connectivity index (χ1n) is 10.00. The van der Waals surface area contributed by atoms with Crippen molar-refractivity contribution in [3.63, 3.8) is 0 Å². The number of hydrogen-bond acceptors (Lipinski definition) is 3. The Labute approximate surface area is 177 Å². The largest absolute Gasteiger partial charge is 0.337 e. The lowest BCUT2D eigenvalue weighted by Gasteiger charge is -2.32. The fraction of sp³-hybridized carbons (Fsp3) is 0.208. The number of rotatable bonds is 6. The third-order valence-electron chi connectivity index (χ3n) is 5.37. The zero-order valence-electron chi connectivity index (χ0n) is 16.6. The van der Waals surface area contributed by atoms with E-state index in [1.54, 1.807) is 23.1 Å². The molecule has 0 spiro atoms. The number of carbonyl (C=O) groups is 1. The number of carbonyl (C=O) groups excluding carboxylic acids is 1. The average Bonchev–Trinajstić information content (AvgIpc) is 2.79. The molecule has 1 N–H and O–H groups in total. The van der Waals surface area contributed by atoms with Crippen LogP contribution < -0.4 is 4.72 Å². The molecule has 3 aromatic rings. The molecule has 1 atom stereocenters. The fourth-order valence-corrected chi connectivity index (χ4v) is 5.00. The van der Waals surface area contributed by atoms with Crippen molar-refractivity contribution in [3.05, 3.63) is 102 Å². The maximum Gasteiger partial charge on any atom is 0.241 e. The smallest absolute Gasteiger partial charge is 0.241 e. The van der Waals surface area contributed by atoms with Crippen molar-refractivity contribution >= 4 is 15.9 Å². The minimum atomic E-state index is -3.82. The highest BCUT2D eigenvalue weighted by atomic mass is 32.2. The van der Waals surface area contributed by atoms with Gasteiger partial charge in [0.15, 0.2) is 0 Å². The predicted octanol–water partition coefficient (Wildman–Crippen LogP) is 3.16. The summed E-state index contributed by atoms with van der Waals surface area (Å²) in [7, 11) is -3.82. The first kappa shape index (κ1) is 20.3. The quantitative estimate of drug-likeness (QED) is 0.666. The lowest BCUT2D eigenvalue weighted by atomic mass is 9.98.